The van der Waals surface area contributed by atoms with Crippen LogP contribution in [0.4, 0.5) is 0 Å². The fourth-order valence-corrected chi connectivity index (χ4v) is 6.23. The van der Waals surface area contributed by atoms with E-state index in [0.717, 1.165) is 24.8 Å². The van der Waals surface area contributed by atoms with Crippen LogP contribution in [0.25, 0.3) is 0 Å². The van der Waals surface area contributed by atoms with Crippen LogP contribution < -0.4 is 5.32 Å². The number of amides is 2. The van der Waals surface area contributed by atoms with Crippen molar-refractivity contribution in [3.63, 3.8) is 0 Å². The molecule has 2 heterocycles. The summed E-state index contributed by atoms with van der Waals surface area (Å²) in [5.74, 6) is 0.115. The van der Waals surface area contributed by atoms with Crippen LogP contribution >= 0.6 is 11.6 Å². The molecule has 2 aromatic rings. The Morgan fingerprint density at radius 3 is 2.27 bits per heavy atom. The van der Waals surface area contributed by atoms with Gasteiger partial charge in [-0.2, -0.15) is 0 Å². The van der Waals surface area contributed by atoms with Gasteiger partial charge in [-0.25, -0.2) is 4.68 Å². The molecule has 4 rings (SSSR count). The molecule has 2 amide bonds. The Morgan fingerprint density at radius 1 is 1.08 bits per heavy atom. The van der Waals surface area contributed by atoms with Crippen molar-refractivity contribution in [1.29, 1.82) is 0 Å². The Hall–Kier alpha value is -2.52. The number of aryl methyl sites for hydroxylation is 1. The number of hydrogen-bond acceptors (Lipinski definition) is 6. The second-order valence-electron chi connectivity index (χ2n) is 11.7. The molecular weight excluding hydrogens is 492 g/mol. The number of aromatic nitrogens is 4. The maximum Gasteiger partial charge on any atom is 0.245 e. The summed E-state index contributed by atoms with van der Waals surface area (Å²) in [6.07, 6.45) is 4.56. The Kier molecular flexibility index (Phi) is 7.68. The first-order valence-corrected chi connectivity index (χ1v) is 13.6. The molecule has 2 unspecified atom stereocenters. The number of halogens is 1. The van der Waals surface area contributed by atoms with Crippen molar-refractivity contribution < 1.29 is 14.7 Å². The summed E-state index contributed by atoms with van der Waals surface area (Å²) in [5.41, 5.74) is -1.77. The molecular formula is C27H39ClN6O3. The molecule has 1 aromatic carbocycles. The second kappa shape index (κ2) is 10.3. The van der Waals surface area contributed by atoms with E-state index < -0.39 is 22.5 Å². The Bertz CT molecular complexity index is 1130. The fraction of sp³-hybridized carbons (Fsp3) is 0.667. The maximum atomic E-state index is 13.9. The zero-order valence-corrected chi connectivity index (χ0v) is 23.3. The summed E-state index contributed by atoms with van der Waals surface area (Å²) in [7, 11) is 1.75. The average Bonchev–Trinajstić information content (AvgIpc) is 3.30. The standard InChI is InChI=1S/C27H39ClN6O3/c1-18(2)21(29-24(36)26(13-7-6-8-14-26)23-30-31-32-33(23)5)22(35)34-16-15-27(37,25(3,4)17-34)19-9-11-20(28)12-10-19/h9-12,18,21,37H,6-8,13-17H2,1-5H3,(H,29,36). The van der Waals surface area contributed by atoms with Crippen LogP contribution in [0, 0.1) is 11.3 Å². The van der Waals surface area contributed by atoms with Gasteiger partial charge >= 0.3 is 0 Å². The Labute approximate surface area is 223 Å². The summed E-state index contributed by atoms with van der Waals surface area (Å²) in [4.78, 5) is 29.5. The van der Waals surface area contributed by atoms with E-state index in [1.54, 1.807) is 28.8 Å². The molecule has 2 aliphatic rings. The maximum absolute atomic E-state index is 13.9. The van der Waals surface area contributed by atoms with Gasteiger partial charge in [0.15, 0.2) is 5.82 Å². The van der Waals surface area contributed by atoms with Crippen LogP contribution in [0.1, 0.15) is 77.6 Å². The second-order valence-corrected chi connectivity index (χ2v) is 12.2. The summed E-state index contributed by atoms with van der Waals surface area (Å²) >= 11 is 6.06. The summed E-state index contributed by atoms with van der Waals surface area (Å²) in [5, 5.41) is 27.4. The third kappa shape index (κ3) is 5.00. The molecule has 10 heteroatoms. The zero-order chi connectivity index (χ0) is 27.0. The molecule has 37 heavy (non-hydrogen) atoms. The van der Waals surface area contributed by atoms with Crippen molar-refractivity contribution in [2.24, 2.45) is 18.4 Å². The minimum Gasteiger partial charge on any atom is -0.384 e. The number of benzene rings is 1. The van der Waals surface area contributed by atoms with Gasteiger partial charge in [-0.15, -0.1) is 5.10 Å². The van der Waals surface area contributed by atoms with Crippen LogP contribution in [0.2, 0.25) is 5.02 Å². The Balaban J connectivity index is 1.54. The number of nitrogens with zero attached hydrogens (tertiary/aromatic N) is 5. The van der Waals surface area contributed by atoms with Crippen LogP contribution in [0.15, 0.2) is 24.3 Å². The van der Waals surface area contributed by atoms with Gasteiger partial charge in [-0.1, -0.05) is 70.7 Å². The molecule has 0 bridgehead atoms. The van der Waals surface area contributed by atoms with E-state index in [9.17, 15) is 14.7 Å². The van der Waals surface area contributed by atoms with Crippen molar-refractivity contribution in [3.8, 4) is 0 Å². The molecule has 9 nitrogen and oxygen atoms in total. The predicted molar refractivity (Wildman–Crippen MR) is 141 cm³/mol. The lowest BCUT2D eigenvalue weighted by Crippen LogP contribution is -2.62. The third-order valence-corrected chi connectivity index (χ3v) is 8.74. The molecule has 2 N–H and O–H groups in total. The molecule has 1 saturated heterocycles. The summed E-state index contributed by atoms with van der Waals surface area (Å²) in [6.45, 7) is 8.59. The zero-order valence-electron chi connectivity index (χ0n) is 22.5. The monoisotopic (exact) mass is 530 g/mol. The first kappa shape index (κ1) is 27.5. The highest BCUT2D eigenvalue weighted by atomic mass is 35.5. The van der Waals surface area contributed by atoms with Gasteiger partial charge in [0.05, 0.1) is 5.60 Å². The minimum atomic E-state index is -1.10. The van der Waals surface area contributed by atoms with Crippen molar-refractivity contribution >= 4 is 23.4 Å². The van der Waals surface area contributed by atoms with Gasteiger partial charge < -0.3 is 15.3 Å². The van der Waals surface area contributed by atoms with Gasteiger partial charge in [0.25, 0.3) is 0 Å². The average molecular weight is 531 g/mol. The number of rotatable bonds is 6. The molecule has 1 saturated carbocycles. The minimum absolute atomic E-state index is 0.116. The van der Waals surface area contributed by atoms with Crippen molar-refractivity contribution in [1.82, 2.24) is 30.4 Å². The van der Waals surface area contributed by atoms with Gasteiger partial charge in [-0.05, 0) is 53.3 Å². The van der Waals surface area contributed by atoms with Gasteiger partial charge in [0, 0.05) is 30.6 Å². The highest BCUT2D eigenvalue weighted by Gasteiger charge is 2.51. The predicted octanol–water partition coefficient (Wildman–Crippen LogP) is 3.35. The van der Waals surface area contributed by atoms with E-state index in [2.05, 4.69) is 20.8 Å². The number of tetrazole rings is 1. The topological polar surface area (TPSA) is 113 Å². The molecule has 0 spiro atoms. The lowest BCUT2D eigenvalue weighted by Gasteiger charge is -2.51. The van der Waals surface area contributed by atoms with Crippen molar-refractivity contribution in [3.05, 3.63) is 40.7 Å². The van der Waals surface area contributed by atoms with Crippen molar-refractivity contribution in [2.75, 3.05) is 13.1 Å². The molecule has 1 aliphatic carbocycles. The SMILES string of the molecule is CC(C)C(NC(=O)C1(c2nnnn2C)CCCCC1)C(=O)N1CCC(O)(c2ccc(Cl)cc2)C(C)(C)C1. The lowest BCUT2D eigenvalue weighted by atomic mass is 9.66. The van der Waals surface area contributed by atoms with E-state index >= 15 is 0 Å². The number of likely N-dealkylation sites (tertiary alicyclic amines) is 1. The smallest absolute Gasteiger partial charge is 0.245 e. The third-order valence-electron chi connectivity index (χ3n) is 8.49. The van der Waals surface area contributed by atoms with E-state index in [4.69, 9.17) is 11.6 Å². The fourth-order valence-electron chi connectivity index (χ4n) is 6.10. The van der Waals surface area contributed by atoms with Crippen molar-refractivity contribution in [2.45, 2.75) is 83.3 Å². The largest absolute Gasteiger partial charge is 0.384 e. The highest BCUT2D eigenvalue weighted by molar-refractivity contribution is 6.30. The van der Waals surface area contributed by atoms with Crippen LogP contribution in [-0.4, -0.2) is 61.2 Å². The van der Waals surface area contributed by atoms with Gasteiger partial charge in [-0.3, -0.25) is 9.59 Å². The molecule has 2 fully saturated rings. The number of carbonyl (C=O) groups excluding carboxylic acids is 2. The van der Waals surface area contributed by atoms with Gasteiger partial charge in [0.1, 0.15) is 11.5 Å². The lowest BCUT2D eigenvalue weighted by molar-refractivity contribution is -0.157. The number of piperidine rings is 1. The molecule has 2 atom stereocenters. The Morgan fingerprint density at radius 2 is 1.73 bits per heavy atom. The summed E-state index contributed by atoms with van der Waals surface area (Å²) in [6, 6.07) is 6.57. The number of carbonyl (C=O) groups is 2. The van der Waals surface area contributed by atoms with Crippen LogP contribution in [-0.2, 0) is 27.7 Å². The first-order chi connectivity index (χ1) is 17.4. The number of nitrogens with one attached hydrogen (secondary N) is 1. The summed E-state index contributed by atoms with van der Waals surface area (Å²) < 4.78 is 1.57. The molecule has 0 radical (unpaired) electrons. The van der Waals surface area contributed by atoms with E-state index in [-0.39, 0.29) is 17.7 Å². The molecule has 1 aromatic heterocycles. The highest BCUT2D eigenvalue weighted by Crippen LogP contribution is 2.46. The van der Waals surface area contributed by atoms with Gasteiger partial charge in [0.2, 0.25) is 11.8 Å². The van der Waals surface area contributed by atoms with Crippen LogP contribution in [0.3, 0.4) is 0 Å². The van der Waals surface area contributed by atoms with E-state index in [1.807, 2.05) is 39.8 Å². The molecule has 202 valence electrons. The van der Waals surface area contributed by atoms with Crippen LogP contribution in [0.5, 0.6) is 0 Å². The van der Waals surface area contributed by atoms with E-state index in [1.165, 1.54) is 0 Å². The normalized spacial score (nSPS) is 24.1. The first-order valence-electron chi connectivity index (χ1n) is 13.2. The number of hydrogen-bond donors (Lipinski definition) is 2. The molecule has 1 aliphatic heterocycles. The van der Waals surface area contributed by atoms with E-state index in [0.29, 0.717) is 43.2 Å². The number of aliphatic hydroxyl groups is 1. The quantitative estimate of drug-likeness (QED) is 0.592.